The van der Waals surface area contributed by atoms with E-state index in [1.54, 1.807) is 0 Å². The summed E-state index contributed by atoms with van der Waals surface area (Å²) in [5.74, 6) is 2.05. The van der Waals surface area contributed by atoms with Gasteiger partial charge < -0.3 is 9.64 Å². The van der Waals surface area contributed by atoms with Crippen molar-refractivity contribution in [3.63, 3.8) is 0 Å². The highest BCUT2D eigenvalue weighted by molar-refractivity contribution is 5.80. The molecule has 0 fully saturated rings. The van der Waals surface area contributed by atoms with Gasteiger partial charge in [0.2, 0.25) is 0 Å². The first kappa shape index (κ1) is 25.5. The quantitative estimate of drug-likeness (QED) is 0.215. The highest BCUT2D eigenvalue weighted by atomic mass is 16.5. The Kier molecular flexibility index (Phi) is 7.59. The van der Waals surface area contributed by atoms with Crippen LogP contribution in [-0.2, 0) is 0 Å². The van der Waals surface area contributed by atoms with Crippen molar-refractivity contribution >= 4 is 22.6 Å². The molecule has 1 unspecified atom stereocenters. The monoisotopic (exact) mass is 519 g/mol. The molecule has 4 aromatic rings. The minimum atomic E-state index is 0.372. The molecule has 6 rings (SSSR count). The van der Waals surface area contributed by atoms with Gasteiger partial charge in [-0.15, -0.1) is 6.58 Å². The topological polar surface area (TPSA) is 12.5 Å². The van der Waals surface area contributed by atoms with Gasteiger partial charge in [-0.05, 0) is 96.0 Å². The number of allylic oxidation sites excluding steroid dienone is 8. The van der Waals surface area contributed by atoms with Crippen molar-refractivity contribution in [2.45, 2.75) is 19.3 Å². The van der Waals surface area contributed by atoms with Gasteiger partial charge in [0, 0.05) is 23.1 Å². The van der Waals surface area contributed by atoms with Crippen molar-refractivity contribution in [1.82, 2.24) is 0 Å². The zero-order valence-corrected chi connectivity index (χ0v) is 22.6. The minimum Gasteiger partial charge on any atom is -0.458 e. The highest BCUT2D eigenvalue weighted by Gasteiger charge is 2.15. The summed E-state index contributed by atoms with van der Waals surface area (Å²) in [5.41, 5.74) is 8.31. The van der Waals surface area contributed by atoms with Crippen LogP contribution in [0, 0.1) is 5.92 Å². The average Bonchev–Trinajstić information content (AvgIpc) is 3.03. The third-order valence-corrected chi connectivity index (χ3v) is 7.46. The summed E-state index contributed by atoms with van der Waals surface area (Å²) in [6.45, 7) is 3.90. The van der Waals surface area contributed by atoms with Gasteiger partial charge in [0.1, 0.15) is 11.5 Å². The zero-order valence-electron chi connectivity index (χ0n) is 22.6. The normalized spacial score (nSPS) is 16.1. The Hall–Kier alpha value is -4.82. The Labute approximate surface area is 237 Å². The van der Waals surface area contributed by atoms with E-state index in [2.05, 4.69) is 139 Å². The molecule has 196 valence electrons. The van der Waals surface area contributed by atoms with E-state index < -0.39 is 0 Å². The maximum absolute atomic E-state index is 6.29. The number of benzene rings is 4. The lowest BCUT2D eigenvalue weighted by Gasteiger charge is -2.26. The molecule has 2 nitrogen and oxygen atoms in total. The fourth-order valence-electron chi connectivity index (χ4n) is 5.24. The van der Waals surface area contributed by atoms with Crippen LogP contribution in [0.2, 0.25) is 0 Å². The van der Waals surface area contributed by atoms with Crippen molar-refractivity contribution in [2.24, 2.45) is 5.92 Å². The van der Waals surface area contributed by atoms with Crippen LogP contribution in [0.4, 0.5) is 17.1 Å². The van der Waals surface area contributed by atoms with Crippen LogP contribution in [0.3, 0.4) is 0 Å². The lowest BCUT2D eigenvalue weighted by molar-refractivity contribution is 0.436. The predicted molar refractivity (Wildman–Crippen MR) is 169 cm³/mol. The standard InChI is InChI=1S/C38H33NO/c1-2-29-16-26-37(27-17-29)40-38-15-9-14-36(28-38)39(34-22-18-32(19-23-34)30-10-5-3-6-11-30)35-24-20-33(21-25-35)31-12-7-4-8-13-31/h2-7,9-12,14-16,18-29H,1,8,13,17H2. The van der Waals surface area contributed by atoms with E-state index in [1.165, 1.54) is 22.3 Å². The summed E-state index contributed by atoms with van der Waals surface area (Å²) in [6.07, 6.45) is 18.0. The molecule has 0 aliphatic heterocycles. The number of anilines is 3. The van der Waals surface area contributed by atoms with E-state index in [4.69, 9.17) is 4.74 Å². The molecule has 2 aliphatic carbocycles. The molecule has 0 bridgehead atoms. The summed E-state index contributed by atoms with van der Waals surface area (Å²) in [4.78, 5) is 2.29. The molecule has 1 atom stereocenters. The van der Waals surface area contributed by atoms with Gasteiger partial charge in [0.25, 0.3) is 0 Å². The molecule has 2 aliphatic rings. The Morgan fingerprint density at radius 3 is 2.12 bits per heavy atom. The van der Waals surface area contributed by atoms with E-state index in [1.807, 2.05) is 18.2 Å². The molecule has 0 spiro atoms. The molecule has 0 radical (unpaired) electrons. The van der Waals surface area contributed by atoms with E-state index in [0.29, 0.717) is 5.92 Å². The number of rotatable bonds is 8. The van der Waals surface area contributed by atoms with Crippen molar-refractivity contribution < 1.29 is 4.74 Å². The first-order valence-electron chi connectivity index (χ1n) is 14.0. The minimum absolute atomic E-state index is 0.372. The van der Waals surface area contributed by atoms with E-state index in [-0.39, 0.29) is 0 Å². The van der Waals surface area contributed by atoms with Gasteiger partial charge in [0.05, 0.1) is 0 Å². The fourth-order valence-corrected chi connectivity index (χ4v) is 5.24. The first-order valence-corrected chi connectivity index (χ1v) is 14.0. The fraction of sp³-hybridized carbons (Fsp3) is 0.105. The van der Waals surface area contributed by atoms with E-state index in [9.17, 15) is 0 Å². The molecule has 2 heteroatoms. The van der Waals surface area contributed by atoms with Crippen LogP contribution in [0.1, 0.15) is 24.8 Å². The highest BCUT2D eigenvalue weighted by Crippen LogP contribution is 2.38. The van der Waals surface area contributed by atoms with Crippen LogP contribution in [0.25, 0.3) is 16.7 Å². The molecule has 0 aromatic heterocycles. The molecule has 0 N–H and O–H groups in total. The lowest BCUT2D eigenvalue weighted by atomic mass is 9.97. The summed E-state index contributed by atoms with van der Waals surface area (Å²) < 4.78 is 6.29. The average molecular weight is 520 g/mol. The van der Waals surface area contributed by atoms with E-state index in [0.717, 1.165) is 47.8 Å². The van der Waals surface area contributed by atoms with Gasteiger partial charge in [-0.1, -0.05) is 91.0 Å². The molecular formula is C38H33NO. The smallest absolute Gasteiger partial charge is 0.129 e. The lowest BCUT2D eigenvalue weighted by Crippen LogP contribution is -2.10. The Morgan fingerprint density at radius 2 is 1.48 bits per heavy atom. The van der Waals surface area contributed by atoms with Crippen molar-refractivity contribution in [2.75, 3.05) is 4.90 Å². The maximum Gasteiger partial charge on any atom is 0.129 e. The van der Waals surface area contributed by atoms with Gasteiger partial charge in [-0.25, -0.2) is 0 Å². The van der Waals surface area contributed by atoms with Gasteiger partial charge in [-0.2, -0.15) is 0 Å². The predicted octanol–water partition coefficient (Wildman–Crippen LogP) is 10.6. The van der Waals surface area contributed by atoms with Gasteiger partial charge in [-0.3, -0.25) is 0 Å². The Morgan fingerprint density at radius 1 is 0.750 bits per heavy atom. The molecule has 4 aromatic carbocycles. The summed E-state index contributed by atoms with van der Waals surface area (Å²) in [5, 5.41) is 0. The first-order chi connectivity index (χ1) is 19.8. The van der Waals surface area contributed by atoms with Crippen molar-refractivity contribution in [1.29, 1.82) is 0 Å². The van der Waals surface area contributed by atoms with Gasteiger partial charge in [0.15, 0.2) is 0 Å². The van der Waals surface area contributed by atoms with Crippen LogP contribution in [0.5, 0.6) is 5.75 Å². The number of ether oxygens (including phenoxy) is 1. The second-order valence-electron chi connectivity index (χ2n) is 10.2. The molecule has 0 heterocycles. The Bertz CT molecular complexity index is 1590. The second-order valence-corrected chi connectivity index (χ2v) is 10.2. The SMILES string of the molecule is C=CC1C=CC(Oc2cccc(N(c3ccc(C4=CC=CCC4)cc3)c3ccc(-c4ccccc4)cc3)c2)=CC1. The molecule has 40 heavy (non-hydrogen) atoms. The largest absolute Gasteiger partial charge is 0.458 e. The molecular weight excluding hydrogens is 486 g/mol. The summed E-state index contributed by atoms with van der Waals surface area (Å²) >= 11 is 0. The van der Waals surface area contributed by atoms with Crippen molar-refractivity contribution in [3.8, 4) is 16.9 Å². The Balaban J connectivity index is 1.34. The third kappa shape index (κ3) is 5.77. The molecule has 0 amide bonds. The molecule has 0 saturated heterocycles. The van der Waals surface area contributed by atoms with Crippen LogP contribution >= 0.6 is 0 Å². The second kappa shape index (κ2) is 11.9. The van der Waals surface area contributed by atoms with Crippen molar-refractivity contribution in [3.05, 3.63) is 164 Å². The van der Waals surface area contributed by atoms with E-state index >= 15 is 0 Å². The van der Waals surface area contributed by atoms with Crippen LogP contribution in [0.15, 0.2) is 158 Å². The summed E-state index contributed by atoms with van der Waals surface area (Å²) in [7, 11) is 0. The third-order valence-electron chi connectivity index (χ3n) is 7.46. The van der Waals surface area contributed by atoms with Crippen LogP contribution < -0.4 is 9.64 Å². The number of hydrogen-bond acceptors (Lipinski definition) is 2. The molecule has 0 saturated carbocycles. The van der Waals surface area contributed by atoms with Crippen LogP contribution in [-0.4, -0.2) is 0 Å². The number of nitrogens with zero attached hydrogens (tertiary/aromatic N) is 1. The zero-order chi connectivity index (χ0) is 27.1. The number of hydrogen-bond donors (Lipinski definition) is 0. The maximum atomic E-state index is 6.29. The summed E-state index contributed by atoms with van der Waals surface area (Å²) in [6, 6.07) is 36.5. The van der Waals surface area contributed by atoms with Gasteiger partial charge >= 0.3 is 0 Å².